The van der Waals surface area contributed by atoms with Crippen LogP contribution in [0.3, 0.4) is 0 Å². The summed E-state index contributed by atoms with van der Waals surface area (Å²) in [5.74, 6) is -1.09. The molecular weight excluding hydrogens is 289 g/mol. The van der Waals surface area contributed by atoms with Crippen LogP contribution in [0.1, 0.15) is 35.0 Å². The number of hydrogen-bond donors (Lipinski definition) is 1. The normalized spacial score (nSPS) is 11.6. The number of aryl methyl sites for hydroxylation is 1. The van der Waals surface area contributed by atoms with Crippen molar-refractivity contribution in [3.05, 3.63) is 51.2 Å². The Kier molecular flexibility index (Phi) is 4.42. The highest BCUT2D eigenvalue weighted by Crippen LogP contribution is 2.33. The summed E-state index contributed by atoms with van der Waals surface area (Å²) < 4.78 is 13.0. The molecule has 1 heterocycles. The van der Waals surface area contributed by atoms with Crippen LogP contribution in [0, 0.1) is 12.7 Å². The molecular formula is C16H18FNO2S. The van der Waals surface area contributed by atoms with Gasteiger partial charge in [-0.1, -0.05) is 26.0 Å². The first-order valence-corrected chi connectivity index (χ1v) is 7.52. The first kappa shape index (κ1) is 15.6. The summed E-state index contributed by atoms with van der Waals surface area (Å²) in [4.78, 5) is 16.2. The van der Waals surface area contributed by atoms with E-state index in [1.54, 1.807) is 12.1 Å². The number of carboxylic acids is 1. The molecule has 1 N–H and O–H groups in total. The van der Waals surface area contributed by atoms with Gasteiger partial charge < -0.3 is 5.11 Å². The first-order chi connectivity index (χ1) is 9.78. The third-order valence-electron chi connectivity index (χ3n) is 3.34. The summed E-state index contributed by atoms with van der Waals surface area (Å²) in [5.41, 5.74) is 1.60. The molecule has 0 aliphatic rings. The fourth-order valence-corrected chi connectivity index (χ4v) is 3.36. The molecule has 2 rings (SSSR count). The highest BCUT2D eigenvalue weighted by atomic mass is 32.1. The van der Waals surface area contributed by atoms with Gasteiger partial charge >= 0.3 is 5.97 Å². The van der Waals surface area contributed by atoms with E-state index >= 15 is 0 Å². The number of aliphatic carboxylic acids is 1. The van der Waals surface area contributed by atoms with Crippen molar-refractivity contribution in [2.45, 2.75) is 39.0 Å². The van der Waals surface area contributed by atoms with Gasteiger partial charge in [0.15, 0.2) is 0 Å². The van der Waals surface area contributed by atoms with Crippen LogP contribution in [-0.4, -0.2) is 16.1 Å². The minimum Gasteiger partial charge on any atom is -0.481 e. The lowest BCUT2D eigenvalue weighted by Gasteiger charge is -2.22. The van der Waals surface area contributed by atoms with Crippen molar-refractivity contribution in [2.75, 3.05) is 0 Å². The Morgan fingerprint density at radius 1 is 1.33 bits per heavy atom. The lowest BCUT2D eigenvalue weighted by atomic mass is 9.86. The molecule has 0 aliphatic heterocycles. The smallest absolute Gasteiger partial charge is 0.308 e. The average molecular weight is 307 g/mol. The Hall–Kier alpha value is -1.75. The molecule has 0 aliphatic carbocycles. The lowest BCUT2D eigenvalue weighted by Crippen LogP contribution is -2.20. The number of nitrogens with zero attached hydrogens (tertiary/aromatic N) is 1. The van der Waals surface area contributed by atoms with E-state index in [1.165, 1.54) is 23.5 Å². The lowest BCUT2D eigenvalue weighted by molar-refractivity contribution is -0.136. The van der Waals surface area contributed by atoms with Crippen LogP contribution < -0.4 is 0 Å². The Labute approximate surface area is 127 Å². The molecule has 5 heteroatoms. The molecule has 0 saturated carbocycles. The molecule has 0 radical (unpaired) electrons. The molecule has 0 fully saturated rings. The Morgan fingerprint density at radius 3 is 2.52 bits per heavy atom. The minimum absolute atomic E-state index is 0.0100. The van der Waals surface area contributed by atoms with Gasteiger partial charge in [-0.15, -0.1) is 11.3 Å². The molecule has 0 atom stereocenters. The summed E-state index contributed by atoms with van der Waals surface area (Å²) in [5, 5.41) is 9.83. The zero-order chi connectivity index (χ0) is 15.6. The number of hydrogen-bond acceptors (Lipinski definition) is 3. The van der Waals surface area contributed by atoms with Gasteiger partial charge in [0.2, 0.25) is 0 Å². The van der Waals surface area contributed by atoms with Crippen LogP contribution in [0.5, 0.6) is 0 Å². The van der Waals surface area contributed by atoms with Crippen molar-refractivity contribution in [3.63, 3.8) is 0 Å². The number of rotatable bonds is 5. The molecule has 2 aromatic rings. The van der Waals surface area contributed by atoms with Crippen molar-refractivity contribution in [1.29, 1.82) is 0 Å². The van der Waals surface area contributed by atoms with E-state index in [9.17, 15) is 9.18 Å². The molecule has 0 saturated heterocycles. The van der Waals surface area contributed by atoms with Crippen molar-refractivity contribution in [3.8, 4) is 0 Å². The van der Waals surface area contributed by atoms with Gasteiger partial charge in [0.05, 0.1) is 17.1 Å². The number of halogens is 1. The third-order valence-corrected chi connectivity index (χ3v) is 4.87. The van der Waals surface area contributed by atoms with Crippen molar-refractivity contribution in [1.82, 2.24) is 4.98 Å². The van der Waals surface area contributed by atoms with Crippen molar-refractivity contribution >= 4 is 17.3 Å². The van der Waals surface area contributed by atoms with Gasteiger partial charge in [-0.3, -0.25) is 4.79 Å². The van der Waals surface area contributed by atoms with E-state index in [2.05, 4.69) is 18.8 Å². The predicted molar refractivity (Wildman–Crippen MR) is 81.3 cm³/mol. The van der Waals surface area contributed by atoms with E-state index < -0.39 is 5.97 Å². The van der Waals surface area contributed by atoms with Crippen LogP contribution in [0.25, 0.3) is 0 Å². The summed E-state index contributed by atoms with van der Waals surface area (Å²) in [7, 11) is 0. The van der Waals surface area contributed by atoms with Crippen LogP contribution in [0.2, 0.25) is 0 Å². The maximum atomic E-state index is 13.0. The van der Waals surface area contributed by atoms with Gasteiger partial charge in [-0.05, 0) is 31.0 Å². The number of aromatic nitrogens is 1. The third kappa shape index (κ3) is 3.88. The summed E-state index contributed by atoms with van der Waals surface area (Å²) in [6, 6.07) is 6.45. The Balaban J connectivity index is 2.22. The van der Waals surface area contributed by atoms with Crippen LogP contribution in [0.4, 0.5) is 4.39 Å². The monoisotopic (exact) mass is 307 g/mol. The topological polar surface area (TPSA) is 50.2 Å². The maximum Gasteiger partial charge on any atom is 0.308 e. The molecule has 21 heavy (non-hydrogen) atoms. The van der Waals surface area contributed by atoms with Gasteiger partial charge in [0.1, 0.15) is 5.82 Å². The summed E-state index contributed by atoms with van der Waals surface area (Å²) in [6.07, 6.45) is 0.739. The highest BCUT2D eigenvalue weighted by molar-refractivity contribution is 7.12. The second-order valence-corrected chi connectivity index (χ2v) is 6.87. The molecule has 0 unspecified atom stereocenters. The standard InChI is InChI=1S/C16H18FNO2S/c1-10-13(8-14(19)20)21-15(18-10)16(2,3)9-11-4-6-12(17)7-5-11/h4-7H,8-9H2,1-3H3,(H,19,20). The summed E-state index contributed by atoms with van der Waals surface area (Å²) in [6.45, 7) is 5.98. The zero-order valence-corrected chi connectivity index (χ0v) is 13.1. The number of thiazole rings is 1. The van der Waals surface area contributed by atoms with E-state index in [0.29, 0.717) is 0 Å². The van der Waals surface area contributed by atoms with Crippen LogP contribution in [-0.2, 0) is 23.1 Å². The Bertz CT molecular complexity index is 647. The maximum absolute atomic E-state index is 13.0. The Morgan fingerprint density at radius 2 is 1.95 bits per heavy atom. The zero-order valence-electron chi connectivity index (χ0n) is 12.3. The minimum atomic E-state index is -0.843. The molecule has 1 aromatic carbocycles. The van der Waals surface area contributed by atoms with E-state index in [0.717, 1.165) is 27.6 Å². The first-order valence-electron chi connectivity index (χ1n) is 6.71. The molecule has 112 valence electrons. The molecule has 0 amide bonds. The SMILES string of the molecule is Cc1nc(C(C)(C)Cc2ccc(F)cc2)sc1CC(=O)O. The van der Waals surface area contributed by atoms with E-state index in [-0.39, 0.29) is 17.7 Å². The quantitative estimate of drug-likeness (QED) is 0.915. The fourth-order valence-electron chi connectivity index (χ4n) is 2.21. The second kappa shape index (κ2) is 5.93. The van der Waals surface area contributed by atoms with Crippen LogP contribution >= 0.6 is 11.3 Å². The number of carboxylic acid groups (broad SMARTS) is 1. The number of carbonyl (C=O) groups is 1. The molecule has 0 spiro atoms. The fraction of sp³-hybridized carbons (Fsp3) is 0.375. The molecule has 0 bridgehead atoms. The van der Waals surface area contributed by atoms with Gasteiger partial charge in [0, 0.05) is 10.3 Å². The second-order valence-electron chi connectivity index (χ2n) is 5.79. The molecule has 3 nitrogen and oxygen atoms in total. The van der Waals surface area contributed by atoms with Crippen molar-refractivity contribution < 1.29 is 14.3 Å². The van der Waals surface area contributed by atoms with Crippen molar-refractivity contribution in [2.24, 2.45) is 0 Å². The van der Waals surface area contributed by atoms with E-state index in [1.807, 2.05) is 6.92 Å². The van der Waals surface area contributed by atoms with Crippen LogP contribution in [0.15, 0.2) is 24.3 Å². The number of benzene rings is 1. The van der Waals surface area contributed by atoms with Gasteiger partial charge in [-0.2, -0.15) is 0 Å². The highest BCUT2D eigenvalue weighted by Gasteiger charge is 2.26. The molecule has 1 aromatic heterocycles. The average Bonchev–Trinajstić information content (AvgIpc) is 2.74. The van der Waals surface area contributed by atoms with E-state index in [4.69, 9.17) is 5.11 Å². The van der Waals surface area contributed by atoms with Gasteiger partial charge in [0.25, 0.3) is 0 Å². The largest absolute Gasteiger partial charge is 0.481 e. The summed E-state index contributed by atoms with van der Waals surface area (Å²) >= 11 is 1.45. The predicted octanol–water partition coefficient (Wildman–Crippen LogP) is 3.74. The van der Waals surface area contributed by atoms with Gasteiger partial charge in [-0.25, -0.2) is 9.37 Å².